The lowest BCUT2D eigenvalue weighted by atomic mass is 9.99. The summed E-state index contributed by atoms with van der Waals surface area (Å²) in [5.41, 5.74) is 5.74. The fraction of sp³-hybridized carbons (Fsp3) is 0.625. The summed E-state index contributed by atoms with van der Waals surface area (Å²) in [6.45, 7) is 10.0. The standard InChI is InChI=1S/C16H28N2/c1-13-11-15(3)16(12-14(13)2)7-10-18(5)9-6-8-17-4/h11-12,17H,6-10H2,1-5H3. The van der Waals surface area contributed by atoms with Gasteiger partial charge in [-0.25, -0.2) is 0 Å². The van der Waals surface area contributed by atoms with Crippen molar-refractivity contribution in [2.45, 2.75) is 33.6 Å². The third-order valence-electron chi connectivity index (χ3n) is 3.68. The first-order valence-corrected chi connectivity index (χ1v) is 6.94. The molecule has 0 amide bonds. The first-order valence-electron chi connectivity index (χ1n) is 6.94. The fourth-order valence-corrected chi connectivity index (χ4v) is 2.24. The minimum Gasteiger partial charge on any atom is -0.320 e. The van der Waals surface area contributed by atoms with Crippen LogP contribution >= 0.6 is 0 Å². The number of benzene rings is 1. The van der Waals surface area contributed by atoms with Gasteiger partial charge in [0.25, 0.3) is 0 Å². The van der Waals surface area contributed by atoms with Crippen molar-refractivity contribution < 1.29 is 0 Å². The Morgan fingerprint density at radius 1 is 1.00 bits per heavy atom. The van der Waals surface area contributed by atoms with Crippen LogP contribution in [0.25, 0.3) is 0 Å². The van der Waals surface area contributed by atoms with Crippen LogP contribution in [-0.2, 0) is 6.42 Å². The van der Waals surface area contributed by atoms with Crippen LogP contribution in [0.1, 0.15) is 28.7 Å². The van der Waals surface area contributed by atoms with Gasteiger partial charge in [0.15, 0.2) is 0 Å². The van der Waals surface area contributed by atoms with Gasteiger partial charge in [0.1, 0.15) is 0 Å². The summed E-state index contributed by atoms with van der Waals surface area (Å²) in [4.78, 5) is 2.42. The Balaban J connectivity index is 2.45. The van der Waals surface area contributed by atoms with E-state index in [0.717, 1.165) is 19.5 Å². The molecule has 102 valence electrons. The van der Waals surface area contributed by atoms with Crippen LogP contribution in [0.3, 0.4) is 0 Å². The topological polar surface area (TPSA) is 15.3 Å². The largest absolute Gasteiger partial charge is 0.320 e. The Kier molecular flexibility index (Phi) is 6.37. The van der Waals surface area contributed by atoms with Crippen LogP contribution in [0.4, 0.5) is 0 Å². The van der Waals surface area contributed by atoms with Gasteiger partial charge in [0, 0.05) is 6.54 Å². The molecular formula is C16H28N2. The van der Waals surface area contributed by atoms with Crippen molar-refractivity contribution in [2.75, 3.05) is 33.7 Å². The predicted molar refractivity (Wildman–Crippen MR) is 80.4 cm³/mol. The number of likely N-dealkylation sites (N-methyl/N-ethyl adjacent to an activating group) is 1. The summed E-state index contributed by atoms with van der Waals surface area (Å²) in [7, 11) is 4.23. The van der Waals surface area contributed by atoms with Gasteiger partial charge in [0.2, 0.25) is 0 Å². The summed E-state index contributed by atoms with van der Waals surface area (Å²) in [5.74, 6) is 0. The van der Waals surface area contributed by atoms with Crippen LogP contribution in [0.5, 0.6) is 0 Å². The van der Waals surface area contributed by atoms with Crippen LogP contribution in [0.15, 0.2) is 12.1 Å². The van der Waals surface area contributed by atoms with Gasteiger partial charge in [-0.3, -0.25) is 0 Å². The van der Waals surface area contributed by atoms with Gasteiger partial charge in [0.05, 0.1) is 0 Å². The molecule has 0 aliphatic heterocycles. The van der Waals surface area contributed by atoms with E-state index >= 15 is 0 Å². The molecule has 0 fully saturated rings. The summed E-state index contributed by atoms with van der Waals surface area (Å²) in [5, 5.41) is 3.19. The molecule has 0 bridgehead atoms. The molecule has 0 aliphatic rings. The summed E-state index contributed by atoms with van der Waals surface area (Å²) in [6.07, 6.45) is 2.38. The molecule has 0 aromatic heterocycles. The highest BCUT2D eigenvalue weighted by Gasteiger charge is 2.04. The highest BCUT2D eigenvalue weighted by atomic mass is 15.1. The van der Waals surface area contributed by atoms with Crippen LogP contribution in [0.2, 0.25) is 0 Å². The lowest BCUT2D eigenvalue weighted by molar-refractivity contribution is 0.332. The molecule has 0 saturated heterocycles. The number of rotatable bonds is 7. The Hall–Kier alpha value is -0.860. The van der Waals surface area contributed by atoms with Crippen molar-refractivity contribution in [3.63, 3.8) is 0 Å². The van der Waals surface area contributed by atoms with E-state index < -0.39 is 0 Å². The zero-order valence-corrected chi connectivity index (χ0v) is 12.6. The molecule has 0 atom stereocenters. The van der Waals surface area contributed by atoms with Crippen LogP contribution in [-0.4, -0.2) is 38.6 Å². The monoisotopic (exact) mass is 248 g/mol. The normalized spacial score (nSPS) is 11.2. The van der Waals surface area contributed by atoms with E-state index in [4.69, 9.17) is 0 Å². The molecule has 1 rings (SSSR count). The fourth-order valence-electron chi connectivity index (χ4n) is 2.24. The van der Waals surface area contributed by atoms with E-state index in [1.165, 1.54) is 35.2 Å². The van der Waals surface area contributed by atoms with Gasteiger partial charge in [-0.2, -0.15) is 0 Å². The molecule has 2 heteroatoms. The third kappa shape index (κ3) is 4.79. The molecule has 0 spiro atoms. The highest BCUT2D eigenvalue weighted by Crippen LogP contribution is 2.16. The van der Waals surface area contributed by atoms with E-state index in [1.807, 2.05) is 7.05 Å². The number of hydrogen-bond acceptors (Lipinski definition) is 2. The second-order valence-corrected chi connectivity index (χ2v) is 5.37. The average molecular weight is 248 g/mol. The molecule has 2 nitrogen and oxygen atoms in total. The average Bonchev–Trinajstić information content (AvgIpc) is 2.32. The number of nitrogens with zero attached hydrogens (tertiary/aromatic N) is 1. The summed E-state index contributed by atoms with van der Waals surface area (Å²) < 4.78 is 0. The molecule has 18 heavy (non-hydrogen) atoms. The zero-order chi connectivity index (χ0) is 13.5. The zero-order valence-electron chi connectivity index (χ0n) is 12.6. The molecule has 1 aromatic carbocycles. The summed E-state index contributed by atoms with van der Waals surface area (Å²) >= 11 is 0. The van der Waals surface area contributed by atoms with E-state index in [0.29, 0.717) is 0 Å². The third-order valence-corrected chi connectivity index (χ3v) is 3.68. The highest BCUT2D eigenvalue weighted by molar-refractivity contribution is 5.36. The molecule has 0 saturated carbocycles. The second kappa shape index (κ2) is 7.55. The number of hydrogen-bond donors (Lipinski definition) is 1. The Labute approximate surface area is 112 Å². The quantitative estimate of drug-likeness (QED) is 0.746. The van der Waals surface area contributed by atoms with E-state index in [2.05, 4.69) is 50.2 Å². The predicted octanol–water partition coefficient (Wildman–Crippen LogP) is 2.70. The van der Waals surface area contributed by atoms with Gasteiger partial charge < -0.3 is 10.2 Å². The lowest BCUT2D eigenvalue weighted by Crippen LogP contribution is -2.25. The second-order valence-electron chi connectivity index (χ2n) is 5.37. The minimum atomic E-state index is 1.10. The van der Waals surface area contributed by atoms with Crippen molar-refractivity contribution in [3.05, 3.63) is 34.4 Å². The number of aryl methyl sites for hydroxylation is 3. The number of nitrogens with one attached hydrogen (secondary N) is 1. The van der Waals surface area contributed by atoms with Gasteiger partial charge in [-0.15, -0.1) is 0 Å². The molecule has 0 heterocycles. The van der Waals surface area contributed by atoms with Gasteiger partial charge >= 0.3 is 0 Å². The molecule has 1 aromatic rings. The SMILES string of the molecule is CNCCCN(C)CCc1cc(C)c(C)cc1C. The van der Waals surface area contributed by atoms with Crippen molar-refractivity contribution in [1.82, 2.24) is 10.2 Å². The Morgan fingerprint density at radius 2 is 1.67 bits per heavy atom. The maximum atomic E-state index is 3.19. The molecular weight excluding hydrogens is 220 g/mol. The van der Waals surface area contributed by atoms with Gasteiger partial charge in [-0.05, 0) is 83.1 Å². The lowest BCUT2D eigenvalue weighted by Gasteiger charge is -2.17. The van der Waals surface area contributed by atoms with Gasteiger partial charge in [-0.1, -0.05) is 12.1 Å². The van der Waals surface area contributed by atoms with E-state index in [9.17, 15) is 0 Å². The van der Waals surface area contributed by atoms with Crippen LogP contribution in [0, 0.1) is 20.8 Å². The van der Waals surface area contributed by atoms with Crippen LogP contribution < -0.4 is 5.32 Å². The van der Waals surface area contributed by atoms with E-state index in [1.54, 1.807) is 0 Å². The van der Waals surface area contributed by atoms with Crippen molar-refractivity contribution in [2.24, 2.45) is 0 Å². The Bertz CT molecular complexity index is 372. The minimum absolute atomic E-state index is 1.10. The molecule has 0 unspecified atom stereocenters. The van der Waals surface area contributed by atoms with Crippen molar-refractivity contribution >= 4 is 0 Å². The first kappa shape index (κ1) is 15.2. The molecule has 0 radical (unpaired) electrons. The first-order chi connectivity index (χ1) is 8.54. The maximum Gasteiger partial charge on any atom is 0.00189 e. The van der Waals surface area contributed by atoms with Crippen molar-refractivity contribution in [3.8, 4) is 0 Å². The van der Waals surface area contributed by atoms with E-state index in [-0.39, 0.29) is 0 Å². The van der Waals surface area contributed by atoms with Crippen molar-refractivity contribution in [1.29, 1.82) is 0 Å². The smallest absolute Gasteiger partial charge is 0.00189 e. The molecule has 1 N–H and O–H groups in total. The molecule has 0 aliphatic carbocycles. The summed E-state index contributed by atoms with van der Waals surface area (Å²) in [6, 6.07) is 4.66. The Morgan fingerprint density at radius 3 is 2.33 bits per heavy atom. The maximum absolute atomic E-state index is 3.19.